The summed E-state index contributed by atoms with van der Waals surface area (Å²) < 4.78 is 5.17. The molecule has 0 aliphatic carbocycles. The fourth-order valence-corrected chi connectivity index (χ4v) is 3.11. The van der Waals surface area contributed by atoms with Crippen molar-refractivity contribution in [2.24, 2.45) is 0 Å². The van der Waals surface area contributed by atoms with E-state index >= 15 is 0 Å². The third-order valence-electron chi connectivity index (χ3n) is 4.71. The normalized spacial score (nSPS) is 19.9. The van der Waals surface area contributed by atoms with Crippen LogP contribution in [0.1, 0.15) is 47.0 Å². The van der Waals surface area contributed by atoms with Gasteiger partial charge >= 0.3 is 12.1 Å². The highest BCUT2D eigenvalue weighted by Crippen LogP contribution is 2.24. The number of hydrogen-bond donors (Lipinski definition) is 3. The minimum absolute atomic E-state index is 0.106. The van der Waals surface area contributed by atoms with Gasteiger partial charge in [0.25, 0.3) is 6.47 Å². The van der Waals surface area contributed by atoms with Crippen LogP contribution in [-0.4, -0.2) is 90.7 Å². The Morgan fingerprint density at radius 2 is 1.90 bits per heavy atom. The first-order chi connectivity index (χ1) is 13.5. The summed E-state index contributed by atoms with van der Waals surface area (Å²) in [5.41, 5.74) is -0.651. The molecular formula is C19H36N4O6. The highest BCUT2D eigenvalue weighted by atomic mass is 16.6. The van der Waals surface area contributed by atoms with Crippen molar-refractivity contribution in [2.75, 3.05) is 27.2 Å². The zero-order valence-electron chi connectivity index (χ0n) is 18.3. The summed E-state index contributed by atoms with van der Waals surface area (Å²) in [4.78, 5) is 47.7. The molecule has 0 spiro atoms. The van der Waals surface area contributed by atoms with Gasteiger partial charge in [-0.3, -0.25) is 4.79 Å². The number of likely N-dealkylation sites (tertiary alicyclic amines) is 1. The topological polar surface area (TPSA) is 128 Å². The smallest absolute Gasteiger partial charge is 0.408 e. The minimum atomic E-state index is -0.817. The van der Waals surface area contributed by atoms with Gasteiger partial charge in [0.2, 0.25) is 0 Å². The van der Waals surface area contributed by atoms with E-state index in [1.54, 1.807) is 32.7 Å². The predicted octanol–water partition coefficient (Wildman–Crippen LogP) is 1.29. The number of nitrogens with zero attached hydrogens (tertiary/aromatic N) is 2. The van der Waals surface area contributed by atoms with Crippen LogP contribution in [0.2, 0.25) is 0 Å². The number of ether oxygens (including phenoxy) is 1. The maximum Gasteiger partial charge on any atom is 0.408 e. The molecule has 3 amide bonds. The lowest BCUT2D eigenvalue weighted by molar-refractivity contribution is -0.122. The highest BCUT2D eigenvalue weighted by molar-refractivity contribution is 5.76. The Morgan fingerprint density at radius 3 is 2.31 bits per heavy atom. The van der Waals surface area contributed by atoms with Crippen molar-refractivity contribution in [1.82, 2.24) is 20.4 Å². The summed E-state index contributed by atoms with van der Waals surface area (Å²) in [5.74, 6) is 0. The molecule has 0 aromatic rings. The second kappa shape index (κ2) is 13.0. The zero-order valence-corrected chi connectivity index (χ0v) is 18.3. The van der Waals surface area contributed by atoms with E-state index in [0.717, 1.165) is 19.3 Å². The molecule has 1 fully saturated rings. The Bertz CT molecular complexity index is 537. The van der Waals surface area contributed by atoms with Gasteiger partial charge in [-0.2, -0.15) is 0 Å². The number of carbonyl (C=O) groups is 4. The van der Waals surface area contributed by atoms with Gasteiger partial charge in [0.15, 0.2) is 0 Å². The molecule has 29 heavy (non-hydrogen) atoms. The van der Waals surface area contributed by atoms with E-state index in [1.165, 1.54) is 0 Å². The number of hydrogen-bond acceptors (Lipinski definition) is 6. The molecule has 10 heteroatoms. The molecule has 168 valence electrons. The van der Waals surface area contributed by atoms with E-state index in [2.05, 4.69) is 29.5 Å². The molecule has 3 N–H and O–H groups in total. The molecule has 0 radical (unpaired) electrons. The maximum absolute atomic E-state index is 12.2. The summed E-state index contributed by atoms with van der Waals surface area (Å²) in [5, 5.41) is 12.0. The number of carbonyl (C=O) groups excluding carboxylic acids is 3. The average molecular weight is 417 g/mol. The SMILES string of the molecule is CNC(=O)N(CCC1CCC(C)N1C)CC(C=O)NC(=O)OC(C)(C)C.O=CO. The Labute approximate surface area is 172 Å². The van der Waals surface area contributed by atoms with Crippen LogP contribution in [0.15, 0.2) is 0 Å². The average Bonchev–Trinajstić information content (AvgIpc) is 2.94. The van der Waals surface area contributed by atoms with Crippen molar-refractivity contribution in [2.45, 2.75) is 70.7 Å². The molecule has 0 aromatic heterocycles. The molecule has 0 bridgehead atoms. The van der Waals surface area contributed by atoms with Gasteiger partial charge in [-0.1, -0.05) is 0 Å². The fourth-order valence-electron chi connectivity index (χ4n) is 3.11. The summed E-state index contributed by atoms with van der Waals surface area (Å²) in [6.45, 7) is 7.81. The first kappa shape index (κ1) is 26.6. The van der Waals surface area contributed by atoms with Gasteiger partial charge < -0.3 is 35.1 Å². The number of urea groups is 1. The minimum Gasteiger partial charge on any atom is -0.483 e. The quantitative estimate of drug-likeness (QED) is 0.534. The summed E-state index contributed by atoms with van der Waals surface area (Å²) in [7, 11) is 3.65. The van der Waals surface area contributed by atoms with Crippen LogP contribution in [0.3, 0.4) is 0 Å². The van der Waals surface area contributed by atoms with Gasteiger partial charge in [-0.05, 0) is 54.0 Å². The number of aldehydes is 1. The van der Waals surface area contributed by atoms with Gasteiger partial charge in [-0.15, -0.1) is 0 Å². The maximum atomic E-state index is 12.2. The van der Waals surface area contributed by atoms with Crippen LogP contribution in [0.5, 0.6) is 0 Å². The van der Waals surface area contributed by atoms with Crippen molar-refractivity contribution in [3.63, 3.8) is 0 Å². The van der Waals surface area contributed by atoms with Gasteiger partial charge in [0, 0.05) is 32.2 Å². The number of nitrogens with one attached hydrogen (secondary N) is 2. The molecule has 1 aliphatic rings. The van der Waals surface area contributed by atoms with Gasteiger partial charge in [-0.25, -0.2) is 9.59 Å². The number of rotatable bonds is 7. The van der Waals surface area contributed by atoms with E-state index in [4.69, 9.17) is 14.6 Å². The highest BCUT2D eigenvalue weighted by Gasteiger charge is 2.29. The molecule has 1 aliphatic heterocycles. The van der Waals surface area contributed by atoms with Crippen LogP contribution in [-0.2, 0) is 14.3 Å². The summed E-state index contributed by atoms with van der Waals surface area (Å²) in [6, 6.07) is -0.116. The lowest BCUT2D eigenvalue weighted by Crippen LogP contribution is -2.50. The van der Waals surface area contributed by atoms with Crippen LogP contribution in [0, 0.1) is 0 Å². The van der Waals surface area contributed by atoms with E-state index in [9.17, 15) is 14.4 Å². The molecule has 1 rings (SSSR count). The number of amides is 3. The predicted molar refractivity (Wildman–Crippen MR) is 109 cm³/mol. The largest absolute Gasteiger partial charge is 0.483 e. The van der Waals surface area contributed by atoms with Crippen molar-refractivity contribution in [1.29, 1.82) is 0 Å². The standard InChI is InChI=1S/C18H34N4O4.CH2O2/c1-13-7-8-15(21(13)6)9-10-22(16(24)19-5)11-14(12-23)20-17(25)26-18(2,3)4;2-1-3/h12-15H,7-11H2,1-6H3,(H,19,24)(H,20,25);1H,(H,2,3). The third kappa shape index (κ3) is 10.7. The fraction of sp³-hybridized carbons (Fsp3) is 0.789. The Morgan fingerprint density at radius 1 is 1.31 bits per heavy atom. The lowest BCUT2D eigenvalue weighted by Gasteiger charge is -2.29. The Hall–Kier alpha value is -2.36. The number of carboxylic acid groups (broad SMARTS) is 1. The Kier molecular flexibility index (Phi) is 11.9. The van der Waals surface area contributed by atoms with E-state index in [1.807, 2.05) is 0 Å². The second-order valence-electron chi connectivity index (χ2n) is 8.03. The van der Waals surface area contributed by atoms with E-state index < -0.39 is 17.7 Å². The lowest BCUT2D eigenvalue weighted by atomic mass is 10.1. The van der Waals surface area contributed by atoms with E-state index in [-0.39, 0.29) is 19.0 Å². The van der Waals surface area contributed by atoms with Crippen LogP contribution >= 0.6 is 0 Å². The number of alkyl carbamates (subject to hydrolysis) is 1. The van der Waals surface area contributed by atoms with Crippen LogP contribution < -0.4 is 10.6 Å². The molecule has 1 saturated heterocycles. The summed E-state index contributed by atoms with van der Waals surface area (Å²) in [6.07, 6.45) is 3.04. The van der Waals surface area contributed by atoms with Crippen molar-refractivity contribution >= 4 is 24.9 Å². The molecule has 10 nitrogen and oxygen atoms in total. The van der Waals surface area contributed by atoms with Crippen LogP contribution in [0.4, 0.5) is 9.59 Å². The molecule has 3 atom stereocenters. The molecular weight excluding hydrogens is 380 g/mol. The first-order valence-corrected chi connectivity index (χ1v) is 9.70. The third-order valence-corrected chi connectivity index (χ3v) is 4.71. The molecule has 0 saturated carbocycles. The summed E-state index contributed by atoms with van der Waals surface area (Å²) >= 11 is 0. The van der Waals surface area contributed by atoms with Crippen molar-refractivity contribution in [3.05, 3.63) is 0 Å². The van der Waals surface area contributed by atoms with Gasteiger partial charge in [0.1, 0.15) is 17.9 Å². The van der Waals surface area contributed by atoms with Crippen molar-refractivity contribution in [3.8, 4) is 0 Å². The van der Waals surface area contributed by atoms with Crippen molar-refractivity contribution < 1.29 is 29.0 Å². The van der Waals surface area contributed by atoms with Gasteiger partial charge in [0.05, 0.1) is 0 Å². The first-order valence-electron chi connectivity index (χ1n) is 9.70. The molecule has 1 heterocycles. The van der Waals surface area contributed by atoms with E-state index in [0.29, 0.717) is 24.9 Å². The molecule has 0 aromatic carbocycles. The molecule has 3 unspecified atom stereocenters. The monoisotopic (exact) mass is 416 g/mol. The Balaban J connectivity index is 0.00000245. The zero-order chi connectivity index (χ0) is 22.6. The second-order valence-corrected chi connectivity index (χ2v) is 8.03. The van der Waals surface area contributed by atoms with Crippen LogP contribution in [0.25, 0.3) is 0 Å².